The van der Waals surface area contributed by atoms with Crippen LogP contribution in [0.3, 0.4) is 0 Å². The molecule has 2 atom stereocenters. The summed E-state index contributed by atoms with van der Waals surface area (Å²) in [5.74, 6) is 0.115. The van der Waals surface area contributed by atoms with Gasteiger partial charge in [-0.15, -0.1) is 11.3 Å². The van der Waals surface area contributed by atoms with Gasteiger partial charge in [0.15, 0.2) is 0 Å². The number of hydrogen-bond acceptors (Lipinski definition) is 4. The molecule has 0 aromatic carbocycles. The van der Waals surface area contributed by atoms with Crippen molar-refractivity contribution < 1.29 is 4.79 Å². The van der Waals surface area contributed by atoms with Crippen LogP contribution < -0.4 is 10.6 Å². The lowest BCUT2D eigenvalue weighted by Crippen LogP contribution is -2.52. The molecule has 1 saturated heterocycles. The smallest absolute Gasteiger partial charge is 0.234 e. The minimum Gasteiger partial charge on any atom is -0.348 e. The Morgan fingerprint density at radius 1 is 1.72 bits per heavy atom. The summed E-state index contributed by atoms with van der Waals surface area (Å²) in [6, 6.07) is 4.61. The summed E-state index contributed by atoms with van der Waals surface area (Å²) in [5, 5.41) is 8.43. The quantitative estimate of drug-likeness (QED) is 0.862. The first-order chi connectivity index (χ1) is 8.66. The molecule has 1 aliphatic heterocycles. The normalized spacial score (nSPS) is 22.7. The first-order valence-electron chi connectivity index (χ1n) is 6.44. The van der Waals surface area contributed by atoms with Crippen molar-refractivity contribution in [3.63, 3.8) is 0 Å². The van der Waals surface area contributed by atoms with E-state index in [4.69, 9.17) is 0 Å². The molecule has 1 unspecified atom stereocenters. The predicted octanol–water partition coefficient (Wildman–Crippen LogP) is 1.22. The van der Waals surface area contributed by atoms with Gasteiger partial charge in [-0.25, -0.2) is 0 Å². The summed E-state index contributed by atoms with van der Waals surface area (Å²) in [7, 11) is 0. The molecule has 0 spiro atoms. The van der Waals surface area contributed by atoms with E-state index < -0.39 is 0 Å². The van der Waals surface area contributed by atoms with Gasteiger partial charge in [0, 0.05) is 30.6 Å². The van der Waals surface area contributed by atoms with Gasteiger partial charge in [0.25, 0.3) is 0 Å². The highest BCUT2D eigenvalue weighted by Gasteiger charge is 2.21. The average molecular weight is 267 g/mol. The van der Waals surface area contributed by atoms with Crippen molar-refractivity contribution in [1.82, 2.24) is 15.5 Å². The molecule has 0 bridgehead atoms. The van der Waals surface area contributed by atoms with Crippen molar-refractivity contribution in [3.8, 4) is 0 Å². The van der Waals surface area contributed by atoms with Crippen LogP contribution in [0.1, 0.15) is 24.8 Å². The maximum absolute atomic E-state index is 12.0. The first-order valence-corrected chi connectivity index (χ1v) is 7.32. The van der Waals surface area contributed by atoms with Crippen LogP contribution in [0.4, 0.5) is 0 Å². The van der Waals surface area contributed by atoms with Crippen molar-refractivity contribution in [1.29, 1.82) is 0 Å². The van der Waals surface area contributed by atoms with Crippen LogP contribution in [-0.2, 0) is 4.79 Å². The molecule has 0 saturated carbocycles. The van der Waals surface area contributed by atoms with Gasteiger partial charge in [0.1, 0.15) is 0 Å². The largest absolute Gasteiger partial charge is 0.348 e. The van der Waals surface area contributed by atoms with Crippen molar-refractivity contribution >= 4 is 17.2 Å². The molecule has 1 aromatic heterocycles. The van der Waals surface area contributed by atoms with Gasteiger partial charge >= 0.3 is 0 Å². The summed E-state index contributed by atoms with van der Waals surface area (Å²) in [6.45, 7) is 7.57. The van der Waals surface area contributed by atoms with Crippen LogP contribution in [0.2, 0.25) is 0 Å². The van der Waals surface area contributed by atoms with Gasteiger partial charge in [-0.05, 0) is 25.3 Å². The highest BCUT2D eigenvalue weighted by molar-refractivity contribution is 7.10. The van der Waals surface area contributed by atoms with E-state index in [1.54, 1.807) is 11.3 Å². The van der Waals surface area contributed by atoms with Crippen LogP contribution in [0.25, 0.3) is 0 Å². The van der Waals surface area contributed by atoms with Gasteiger partial charge in [-0.1, -0.05) is 6.07 Å². The summed E-state index contributed by atoms with van der Waals surface area (Å²) in [4.78, 5) is 15.4. The summed E-state index contributed by atoms with van der Waals surface area (Å²) in [5.41, 5.74) is 0. The van der Waals surface area contributed by atoms with Gasteiger partial charge < -0.3 is 10.6 Å². The second-order valence-corrected chi connectivity index (χ2v) is 5.81. The van der Waals surface area contributed by atoms with E-state index in [1.807, 2.05) is 18.4 Å². The fraction of sp³-hybridized carbons (Fsp3) is 0.615. The van der Waals surface area contributed by atoms with E-state index >= 15 is 0 Å². The third-order valence-corrected chi connectivity index (χ3v) is 4.39. The van der Waals surface area contributed by atoms with E-state index in [0.717, 1.165) is 19.6 Å². The summed E-state index contributed by atoms with van der Waals surface area (Å²) >= 11 is 1.68. The summed E-state index contributed by atoms with van der Waals surface area (Å²) in [6.07, 6.45) is 0. The van der Waals surface area contributed by atoms with Crippen molar-refractivity contribution in [2.45, 2.75) is 25.9 Å². The van der Waals surface area contributed by atoms with E-state index in [1.165, 1.54) is 4.88 Å². The molecular formula is C13H21N3OS. The highest BCUT2D eigenvalue weighted by atomic mass is 32.1. The number of amides is 1. The lowest BCUT2D eigenvalue weighted by atomic mass is 10.2. The van der Waals surface area contributed by atoms with E-state index in [-0.39, 0.29) is 11.9 Å². The third-order valence-electron chi connectivity index (χ3n) is 3.33. The van der Waals surface area contributed by atoms with Gasteiger partial charge in [-0.2, -0.15) is 0 Å². The summed E-state index contributed by atoms with van der Waals surface area (Å²) < 4.78 is 0. The molecule has 2 heterocycles. The molecule has 4 nitrogen and oxygen atoms in total. The number of nitrogens with one attached hydrogen (secondary N) is 2. The SMILES string of the molecule is CC(NC(=O)CN1CCNC[C@@H]1C)c1cccs1. The molecule has 0 radical (unpaired) electrons. The van der Waals surface area contributed by atoms with E-state index in [9.17, 15) is 4.79 Å². The lowest BCUT2D eigenvalue weighted by molar-refractivity contribution is -0.123. The Labute approximate surface area is 112 Å². The molecule has 2 N–H and O–H groups in total. The fourth-order valence-electron chi connectivity index (χ4n) is 2.20. The van der Waals surface area contributed by atoms with Gasteiger partial charge in [0.2, 0.25) is 5.91 Å². The standard InChI is InChI=1S/C13H21N3OS/c1-10-8-14-5-6-16(10)9-13(17)15-11(2)12-4-3-7-18-12/h3-4,7,10-11,14H,5-6,8-9H2,1-2H3,(H,15,17)/t10-,11?/m0/s1. The Morgan fingerprint density at radius 2 is 2.56 bits per heavy atom. The molecule has 5 heteroatoms. The van der Waals surface area contributed by atoms with E-state index in [0.29, 0.717) is 12.6 Å². The van der Waals surface area contributed by atoms with Crippen LogP contribution in [-0.4, -0.2) is 43.0 Å². The third kappa shape index (κ3) is 3.54. The molecule has 1 aromatic rings. The number of carbonyl (C=O) groups is 1. The zero-order chi connectivity index (χ0) is 13.0. The number of nitrogens with zero attached hydrogens (tertiary/aromatic N) is 1. The predicted molar refractivity (Wildman–Crippen MR) is 74.8 cm³/mol. The zero-order valence-electron chi connectivity index (χ0n) is 11.0. The minimum atomic E-state index is 0.107. The van der Waals surface area contributed by atoms with Crippen molar-refractivity contribution in [2.24, 2.45) is 0 Å². The van der Waals surface area contributed by atoms with Crippen LogP contribution >= 0.6 is 11.3 Å². The second kappa shape index (κ2) is 6.31. The Bertz CT molecular complexity index is 380. The van der Waals surface area contributed by atoms with Crippen LogP contribution in [0, 0.1) is 0 Å². The number of piperazine rings is 1. The van der Waals surface area contributed by atoms with Gasteiger partial charge in [-0.3, -0.25) is 9.69 Å². The minimum absolute atomic E-state index is 0.107. The number of carbonyl (C=O) groups excluding carboxylic acids is 1. The van der Waals surface area contributed by atoms with E-state index in [2.05, 4.69) is 28.5 Å². The molecule has 1 aliphatic rings. The molecule has 18 heavy (non-hydrogen) atoms. The number of rotatable bonds is 4. The van der Waals surface area contributed by atoms with Crippen LogP contribution in [0.5, 0.6) is 0 Å². The van der Waals surface area contributed by atoms with Gasteiger partial charge in [0.05, 0.1) is 12.6 Å². The Balaban J connectivity index is 1.81. The maximum atomic E-state index is 12.0. The zero-order valence-corrected chi connectivity index (χ0v) is 11.8. The Kier molecular flexibility index (Phi) is 4.74. The second-order valence-electron chi connectivity index (χ2n) is 4.83. The first kappa shape index (κ1) is 13.5. The Morgan fingerprint density at radius 3 is 3.22 bits per heavy atom. The van der Waals surface area contributed by atoms with Crippen LogP contribution in [0.15, 0.2) is 17.5 Å². The highest BCUT2D eigenvalue weighted by Crippen LogP contribution is 2.17. The topological polar surface area (TPSA) is 44.4 Å². The van der Waals surface area contributed by atoms with Crippen molar-refractivity contribution in [3.05, 3.63) is 22.4 Å². The molecule has 1 fully saturated rings. The monoisotopic (exact) mass is 267 g/mol. The molecule has 1 amide bonds. The number of thiophene rings is 1. The molecule has 2 rings (SSSR count). The van der Waals surface area contributed by atoms with Crippen molar-refractivity contribution in [2.75, 3.05) is 26.2 Å². The maximum Gasteiger partial charge on any atom is 0.234 e. The molecular weight excluding hydrogens is 246 g/mol. The Hall–Kier alpha value is -0.910. The lowest BCUT2D eigenvalue weighted by Gasteiger charge is -2.33. The average Bonchev–Trinajstić information content (AvgIpc) is 2.85. The number of hydrogen-bond donors (Lipinski definition) is 2. The molecule has 0 aliphatic carbocycles. The molecule has 100 valence electrons. The fourth-order valence-corrected chi connectivity index (χ4v) is 2.93.